The van der Waals surface area contributed by atoms with Crippen LogP contribution in [0.1, 0.15) is 48.8 Å². The van der Waals surface area contributed by atoms with Gasteiger partial charge in [-0.05, 0) is 56.0 Å². The Kier molecular flexibility index (Phi) is 7.08. The third-order valence-electron chi connectivity index (χ3n) is 7.97. The molecule has 1 heterocycles. The molecule has 0 aliphatic heterocycles. The van der Waals surface area contributed by atoms with E-state index < -0.39 is 0 Å². The van der Waals surface area contributed by atoms with Gasteiger partial charge in [0.15, 0.2) is 5.16 Å². The van der Waals surface area contributed by atoms with Gasteiger partial charge in [-0.15, -0.1) is 0 Å². The standard InChI is InChI=1S/C32H30ClN3O2S/c1-21-13-15-23(16-14-21)36-30(38)28-29(24-10-4-3-9-22(24)19-32(28)17-7-2-8-18-32)35-31(36)39-20-27(37)34-26-12-6-5-11-25(26)33/h3-6,9-16H,2,7-8,17-20H2,1H3,(H,34,37). The molecule has 1 N–H and O–H groups in total. The van der Waals surface area contributed by atoms with Crippen LogP contribution < -0.4 is 10.9 Å². The highest BCUT2D eigenvalue weighted by Gasteiger charge is 2.43. The van der Waals surface area contributed by atoms with Crippen LogP contribution in [0.25, 0.3) is 16.9 Å². The molecule has 1 spiro atoms. The minimum atomic E-state index is -0.209. The topological polar surface area (TPSA) is 64.0 Å². The van der Waals surface area contributed by atoms with E-state index in [4.69, 9.17) is 16.6 Å². The van der Waals surface area contributed by atoms with Gasteiger partial charge in [-0.25, -0.2) is 4.98 Å². The molecule has 6 rings (SSSR count). The van der Waals surface area contributed by atoms with Gasteiger partial charge in [0.05, 0.1) is 33.4 Å². The van der Waals surface area contributed by atoms with Gasteiger partial charge in [-0.3, -0.25) is 14.2 Å². The number of aryl methyl sites for hydroxylation is 1. The van der Waals surface area contributed by atoms with Crippen molar-refractivity contribution in [2.45, 2.75) is 56.0 Å². The third-order valence-corrected chi connectivity index (χ3v) is 9.24. The van der Waals surface area contributed by atoms with Crippen LogP contribution in [0.5, 0.6) is 0 Å². The zero-order valence-electron chi connectivity index (χ0n) is 21.9. The molecule has 3 aromatic carbocycles. The molecule has 2 aliphatic carbocycles. The van der Waals surface area contributed by atoms with Crippen LogP contribution in [0, 0.1) is 6.92 Å². The summed E-state index contributed by atoms with van der Waals surface area (Å²) in [5, 5.41) is 3.87. The van der Waals surface area contributed by atoms with Crippen LogP contribution >= 0.6 is 23.4 Å². The third kappa shape index (κ3) is 4.92. The summed E-state index contributed by atoms with van der Waals surface area (Å²) in [6.45, 7) is 2.03. The Balaban J connectivity index is 1.47. The fourth-order valence-corrected chi connectivity index (χ4v) is 7.07. The summed E-state index contributed by atoms with van der Waals surface area (Å²) in [5.41, 5.74) is 6.11. The highest BCUT2D eigenvalue weighted by Crippen LogP contribution is 2.49. The number of carbonyl (C=O) groups is 1. The first-order valence-electron chi connectivity index (χ1n) is 13.5. The number of anilines is 1. The number of amides is 1. The van der Waals surface area contributed by atoms with Crippen LogP contribution in [-0.4, -0.2) is 21.2 Å². The second kappa shape index (κ2) is 10.7. The molecule has 0 atom stereocenters. The van der Waals surface area contributed by atoms with Gasteiger partial charge in [0.2, 0.25) is 5.91 Å². The Labute approximate surface area is 237 Å². The molecule has 0 saturated heterocycles. The van der Waals surface area contributed by atoms with E-state index in [-0.39, 0.29) is 22.6 Å². The summed E-state index contributed by atoms with van der Waals surface area (Å²) in [6, 6.07) is 23.4. The first kappa shape index (κ1) is 25.9. The molecule has 7 heteroatoms. The number of halogens is 1. The average molecular weight is 556 g/mol. The van der Waals surface area contributed by atoms with Crippen molar-refractivity contribution in [2.24, 2.45) is 0 Å². The van der Waals surface area contributed by atoms with Crippen molar-refractivity contribution in [2.75, 3.05) is 11.1 Å². The molecule has 39 heavy (non-hydrogen) atoms. The normalized spacial score (nSPS) is 15.4. The Bertz CT molecular complexity index is 1610. The number of fused-ring (bicyclic) bond motifs is 4. The van der Waals surface area contributed by atoms with Gasteiger partial charge in [0, 0.05) is 11.0 Å². The van der Waals surface area contributed by atoms with Crippen molar-refractivity contribution < 1.29 is 4.79 Å². The molecule has 1 amide bonds. The smallest absolute Gasteiger partial charge is 0.263 e. The van der Waals surface area contributed by atoms with Gasteiger partial charge >= 0.3 is 0 Å². The monoisotopic (exact) mass is 555 g/mol. The zero-order chi connectivity index (χ0) is 27.0. The van der Waals surface area contributed by atoms with Crippen LogP contribution in [0.4, 0.5) is 5.69 Å². The predicted octanol–water partition coefficient (Wildman–Crippen LogP) is 7.35. The zero-order valence-corrected chi connectivity index (χ0v) is 23.4. The van der Waals surface area contributed by atoms with Crippen LogP contribution in [-0.2, 0) is 16.6 Å². The van der Waals surface area contributed by atoms with Gasteiger partial charge < -0.3 is 5.32 Å². The largest absolute Gasteiger partial charge is 0.324 e. The second-order valence-electron chi connectivity index (χ2n) is 10.6. The predicted molar refractivity (Wildman–Crippen MR) is 159 cm³/mol. The van der Waals surface area contributed by atoms with Crippen molar-refractivity contribution in [1.82, 2.24) is 9.55 Å². The number of nitrogens with zero attached hydrogens (tertiary/aromatic N) is 2. The number of nitrogens with one attached hydrogen (secondary N) is 1. The van der Waals surface area contributed by atoms with Crippen molar-refractivity contribution in [1.29, 1.82) is 0 Å². The molecule has 0 radical (unpaired) electrons. The summed E-state index contributed by atoms with van der Waals surface area (Å²) in [7, 11) is 0. The van der Waals surface area contributed by atoms with Crippen molar-refractivity contribution in [3.8, 4) is 16.9 Å². The summed E-state index contributed by atoms with van der Waals surface area (Å²) >= 11 is 7.52. The summed E-state index contributed by atoms with van der Waals surface area (Å²) in [4.78, 5) is 32.7. The van der Waals surface area contributed by atoms with E-state index in [1.807, 2.05) is 49.4 Å². The number of hydrogen-bond donors (Lipinski definition) is 1. The van der Waals surface area contributed by atoms with Crippen LogP contribution in [0.15, 0.2) is 82.7 Å². The van der Waals surface area contributed by atoms with E-state index in [0.29, 0.717) is 15.9 Å². The quantitative estimate of drug-likeness (QED) is 0.206. The Morgan fingerprint density at radius 3 is 2.49 bits per heavy atom. The average Bonchev–Trinajstić information content (AvgIpc) is 2.94. The minimum absolute atomic E-state index is 0.0192. The van der Waals surface area contributed by atoms with Gasteiger partial charge in [0.1, 0.15) is 0 Å². The molecule has 1 fully saturated rings. The molecule has 1 saturated carbocycles. The van der Waals surface area contributed by atoms with Gasteiger partial charge in [-0.1, -0.05) is 96.7 Å². The summed E-state index contributed by atoms with van der Waals surface area (Å²) in [5.74, 6) is -0.116. The van der Waals surface area contributed by atoms with Gasteiger partial charge in [-0.2, -0.15) is 0 Å². The number of carbonyl (C=O) groups excluding carboxylic acids is 1. The molecule has 2 aliphatic rings. The number of aromatic nitrogens is 2. The molecule has 0 unspecified atom stereocenters. The lowest BCUT2D eigenvalue weighted by Crippen LogP contribution is -2.43. The van der Waals surface area contributed by atoms with Crippen molar-refractivity contribution in [3.05, 3.63) is 105 Å². The number of thioether (sulfide) groups is 1. The van der Waals surface area contributed by atoms with Crippen LogP contribution in [0.3, 0.4) is 0 Å². The van der Waals surface area contributed by atoms with Crippen molar-refractivity contribution >= 4 is 35.0 Å². The molecular formula is C32H30ClN3O2S. The van der Waals surface area contributed by atoms with E-state index >= 15 is 0 Å². The fraction of sp³-hybridized carbons (Fsp3) is 0.281. The van der Waals surface area contributed by atoms with Crippen LogP contribution in [0.2, 0.25) is 5.02 Å². The molecule has 5 nitrogen and oxygen atoms in total. The Hall–Kier alpha value is -3.35. The fourth-order valence-electron chi connectivity index (χ4n) is 6.09. The Morgan fingerprint density at radius 2 is 1.72 bits per heavy atom. The van der Waals surface area contributed by atoms with E-state index in [0.717, 1.165) is 60.2 Å². The van der Waals surface area contributed by atoms with E-state index in [1.165, 1.54) is 23.7 Å². The lowest BCUT2D eigenvalue weighted by molar-refractivity contribution is -0.113. The van der Waals surface area contributed by atoms with Gasteiger partial charge in [0.25, 0.3) is 5.56 Å². The number of para-hydroxylation sites is 1. The van der Waals surface area contributed by atoms with Crippen molar-refractivity contribution in [3.63, 3.8) is 0 Å². The number of hydrogen-bond acceptors (Lipinski definition) is 4. The highest BCUT2D eigenvalue weighted by molar-refractivity contribution is 7.99. The second-order valence-corrected chi connectivity index (χ2v) is 11.9. The van der Waals surface area contributed by atoms with E-state index in [9.17, 15) is 9.59 Å². The lowest BCUT2D eigenvalue weighted by Gasteiger charge is -2.42. The highest BCUT2D eigenvalue weighted by atomic mass is 35.5. The maximum atomic E-state index is 14.6. The maximum absolute atomic E-state index is 14.6. The molecular weight excluding hydrogens is 526 g/mol. The first-order chi connectivity index (χ1) is 18.9. The molecule has 4 aromatic rings. The minimum Gasteiger partial charge on any atom is -0.324 e. The summed E-state index contributed by atoms with van der Waals surface area (Å²) in [6.07, 6.45) is 6.28. The molecule has 198 valence electrons. The van der Waals surface area contributed by atoms with E-state index in [1.54, 1.807) is 16.7 Å². The first-order valence-corrected chi connectivity index (χ1v) is 14.8. The van der Waals surface area contributed by atoms with E-state index in [2.05, 4.69) is 23.5 Å². The number of rotatable bonds is 5. The Morgan fingerprint density at radius 1 is 1.00 bits per heavy atom. The molecule has 1 aromatic heterocycles. The number of benzene rings is 3. The molecule has 0 bridgehead atoms. The lowest BCUT2D eigenvalue weighted by atomic mass is 9.62. The maximum Gasteiger partial charge on any atom is 0.263 e. The summed E-state index contributed by atoms with van der Waals surface area (Å²) < 4.78 is 1.72. The SMILES string of the molecule is Cc1ccc(-n2c(SCC(=O)Nc3ccccc3Cl)nc3c(c2=O)C2(CCCCC2)Cc2ccccc2-3)cc1.